The largest absolute Gasteiger partial charge is 0.294 e. The number of hydrogen-bond donors (Lipinski definition) is 0. The van der Waals surface area contributed by atoms with Crippen molar-refractivity contribution in [1.29, 1.82) is 0 Å². The number of thiophene rings is 1. The fourth-order valence-corrected chi connectivity index (χ4v) is 4.17. The molecule has 3 rings (SSSR count). The highest BCUT2D eigenvalue weighted by Gasteiger charge is 2.25. The quantitative estimate of drug-likeness (QED) is 0.486. The normalized spacial score (nSPS) is 13.2. The van der Waals surface area contributed by atoms with E-state index in [1.54, 1.807) is 30.4 Å². The molecule has 0 fully saturated rings. The van der Waals surface area contributed by atoms with E-state index >= 15 is 0 Å². The SMILES string of the molecule is CC(=O)c1c(-c2cccc([N+](=O)[O-])c2)sc2c1CCC2. The monoisotopic (exact) mass is 287 g/mol. The average Bonchev–Trinajstić information content (AvgIpc) is 2.97. The zero-order chi connectivity index (χ0) is 14.3. The molecule has 20 heavy (non-hydrogen) atoms. The Hall–Kier alpha value is -2.01. The number of nitro groups is 1. The van der Waals surface area contributed by atoms with Gasteiger partial charge >= 0.3 is 0 Å². The topological polar surface area (TPSA) is 60.2 Å². The molecule has 1 aliphatic carbocycles. The number of fused-ring (bicyclic) bond motifs is 1. The summed E-state index contributed by atoms with van der Waals surface area (Å²) in [6, 6.07) is 6.52. The second-order valence-electron chi connectivity index (χ2n) is 4.93. The number of Topliss-reactive ketones (excluding diaryl/α,β-unsaturated/α-hetero) is 1. The lowest BCUT2D eigenvalue weighted by Gasteiger charge is -2.03. The minimum Gasteiger partial charge on any atom is -0.294 e. The van der Waals surface area contributed by atoms with Crippen LogP contribution in [0.25, 0.3) is 10.4 Å². The molecule has 0 N–H and O–H groups in total. The van der Waals surface area contributed by atoms with Crippen LogP contribution in [0, 0.1) is 10.1 Å². The highest BCUT2D eigenvalue weighted by atomic mass is 32.1. The Morgan fingerprint density at radius 2 is 2.15 bits per heavy atom. The van der Waals surface area contributed by atoms with Crippen LogP contribution in [0.1, 0.15) is 34.1 Å². The number of rotatable bonds is 3. The van der Waals surface area contributed by atoms with Crippen molar-refractivity contribution in [2.24, 2.45) is 0 Å². The number of aryl methyl sites for hydroxylation is 1. The first-order valence-electron chi connectivity index (χ1n) is 6.48. The maximum atomic E-state index is 12.0. The standard InChI is InChI=1S/C15H13NO3S/c1-9(17)14-12-6-3-7-13(12)20-15(14)10-4-2-5-11(8-10)16(18)19/h2,4-5,8H,3,6-7H2,1H3. The molecule has 4 nitrogen and oxygen atoms in total. The van der Waals surface area contributed by atoms with Gasteiger partial charge in [0.1, 0.15) is 0 Å². The molecule has 0 radical (unpaired) electrons. The third kappa shape index (κ3) is 2.04. The molecule has 0 saturated carbocycles. The predicted octanol–water partition coefficient (Wildman–Crippen LogP) is 4.01. The Balaban J connectivity index is 2.18. The highest BCUT2D eigenvalue weighted by molar-refractivity contribution is 7.16. The van der Waals surface area contributed by atoms with Gasteiger partial charge in [0.05, 0.1) is 4.92 Å². The summed E-state index contributed by atoms with van der Waals surface area (Å²) in [5.41, 5.74) is 2.75. The fraction of sp³-hybridized carbons (Fsp3) is 0.267. The molecule has 2 aromatic rings. The van der Waals surface area contributed by atoms with Crippen LogP contribution >= 0.6 is 11.3 Å². The molecule has 5 heteroatoms. The van der Waals surface area contributed by atoms with Crippen LogP contribution < -0.4 is 0 Å². The maximum absolute atomic E-state index is 12.0. The summed E-state index contributed by atoms with van der Waals surface area (Å²) in [4.78, 5) is 24.6. The summed E-state index contributed by atoms with van der Waals surface area (Å²) in [7, 11) is 0. The molecule has 0 saturated heterocycles. The number of ketones is 1. The van der Waals surface area contributed by atoms with Crippen molar-refractivity contribution in [2.45, 2.75) is 26.2 Å². The fourth-order valence-electron chi connectivity index (χ4n) is 2.74. The molecule has 0 unspecified atom stereocenters. The van der Waals surface area contributed by atoms with Crippen molar-refractivity contribution in [3.05, 3.63) is 50.4 Å². The molecule has 1 aliphatic rings. The van der Waals surface area contributed by atoms with Crippen molar-refractivity contribution >= 4 is 22.8 Å². The lowest BCUT2D eigenvalue weighted by Crippen LogP contribution is -1.97. The third-order valence-corrected chi connectivity index (χ3v) is 4.93. The van der Waals surface area contributed by atoms with Crippen LogP contribution in [0.5, 0.6) is 0 Å². The van der Waals surface area contributed by atoms with Crippen LogP contribution in [0.15, 0.2) is 24.3 Å². The number of nitro benzene ring substituents is 1. The Bertz CT molecular complexity index is 718. The summed E-state index contributed by atoms with van der Waals surface area (Å²) in [5.74, 6) is 0.0471. The first kappa shape index (κ1) is 13.0. The van der Waals surface area contributed by atoms with E-state index in [0.29, 0.717) is 0 Å². The van der Waals surface area contributed by atoms with Crippen molar-refractivity contribution < 1.29 is 9.72 Å². The first-order valence-corrected chi connectivity index (χ1v) is 7.30. The van der Waals surface area contributed by atoms with Crippen LogP contribution in [0.2, 0.25) is 0 Å². The number of carbonyl (C=O) groups is 1. The Kier molecular flexibility index (Phi) is 3.14. The van der Waals surface area contributed by atoms with Crippen LogP contribution in [0.4, 0.5) is 5.69 Å². The maximum Gasteiger partial charge on any atom is 0.270 e. The summed E-state index contributed by atoms with van der Waals surface area (Å²) in [6.45, 7) is 1.57. The van der Waals surface area contributed by atoms with E-state index in [1.165, 1.54) is 10.9 Å². The van der Waals surface area contributed by atoms with Crippen molar-refractivity contribution in [3.63, 3.8) is 0 Å². The minimum atomic E-state index is -0.405. The molecule has 0 atom stereocenters. The van der Waals surface area contributed by atoms with Gasteiger partial charge in [-0.05, 0) is 37.3 Å². The number of nitrogens with zero attached hydrogens (tertiary/aromatic N) is 1. The van der Waals surface area contributed by atoms with E-state index in [-0.39, 0.29) is 11.5 Å². The van der Waals surface area contributed by atoms with Gasteiger partial charge in [0.25, 0.3) is 5.69 Å². The molecule has 1 heterocycles. The van der Waals surface area contributed by atoms with Gasteiger partial charge in [-0.15, -0.1) is 11.3 Å². The molecule has 102 valence electrons. The number of hydrogen-bond acceptors (Lipinski definition) is 4. The molecule has 0 aliphatic heterocycles. The van der Waals surface area contributed by atoms with Gasteiger partial charge in [-0.2, -0.15) is 0 Å². The van der Waals surface area contributed by atoms with E-state index in [2.05, 4.69) is 0 Å². The Labute approximate surface area is 120 Å². The summed E-state index contributed by atoms with van der Waals surface area (Å²) >= 11 is 1.61. The van der Waals surface area contributed by atoms with E-state index in [0.717, 1.165) is 40.8 Å². The van der Waals surface area contributed by atoms with Crippen LogP contribution in [-0.2, 0) is 12.8 Å². The lowest BCUT2D eigenvalue weighted by molar-refractivity contribution is -0.384. The summed E-state index contributed by atoms with van der Waals surface area (Å²) in [5, 5.41) is 10.9. The number of non-ortho nitro benzene ring substituents is 1. The van der Waals surface area contributed by atoms with Gasteiger partial charge in [0.15, 0.2) is 5.78 Å². The van der Waals surface area contributed by atoms with Gasteiger partial charge in [0, 0.05) is 27.5 Å². The average molecular weight is 287 g/mol. The Morgan fingerprint density at radius 1 is 1.35 bits per heavy atom. The lowest BCUT2D eigenvalue weighted by atomic mass is 10.0. The summed E-state index contributed by atoms with van der Waals surface area (Å²) < 4.78 is 0. The van der Waals surface area contributed by atoms with Gasteiger partial charge in [-0.1, -0.05) is 12.1 Å². The second-order valence-corrected chi connectivity index (χ2v) is 6.03. The zero-order valence-electron chi connectivity index (χ0n) is 11.0. The molecule has 1 aromatic carbocycles. The molecular formula is C15H13NO3S. The summed E-state index contributed by atoms with van der Waals surface area (Å²) in [6.07, 6.45) is 3.04. The van der Waals surface area contributed by atoms with Crippen molar-refractivity contribution in [2.75, 3.05) is 0 Å². The van der Waals surface area contributed by atoms with E-state index in [9.17, 15) is 14.9 Å². The smallest absolute Gasteiger partial charge is 0.270 e. The van der Waals surface area contributed by atoms with Gasteiger partial charge in [0.2, 0.25) is 0 Å². The molecule has 0 bridgehead atoms. The number of benzene rings is 1. The molecule has 1 aromatic heterocycles. The minimum absolute atomic E-state index is 0.0471. The predicted molar refractivity (Wildman–Crippen MR) is 78.4 cm³/mol. The second kappa shape index (κ2) is 4.83. The van der Waals surface area contributed by atoms with E-state index in [1.807, 2.05) is 6.07 Å². The molecular weight excluding hydrogens is 274 g/mol. The van der Waals surface area contributed by atoms with Crippen LogP contribution in [-0.4, -0.2) is 10.7 Å². The molecule has 0 amide bonds. The zero-order valence-corrected chi connectivity index (χ0v) is 11.8. The van der Waals surface area contributed by atoms with Crippen LogP contribution in [0.3, 0.4) is 0 Å². The Morgan fingerprint density at radius 3 is 2.85 bits per heavy atom. The van der Waals surface area contributed by atoms with Crippen molar-refractivity contribution in [1.82, 2.24) is 0 Å². The van der Waals surface area contributed by atoms with E-state index < -0.39 is 4.92 Å². The van der Waals surface area contributed by atoms with Gasteiger partial charge in [-0.25, -0.2) is 0 Å². The third-order valence-electron chi connectivity index (χ3n) is 3.59. The van der Waals surface area contributed by atoms with Gasteiger partial charge in [-0.3, -0.25) is 14.9 Å². The highest BCUT2D eigenvalue weighted by Crippen LogP contribution is 2.42. The van der Waals surface area contributed by atoms with E-state index in [4.69, 9.17) is 0 Å². The first-order chi connectivity index (χ1) is 9.58. The molecule has 0 spiro atoms. The van der Waals surface area contributed by atoms with Crippen molar-refractivity contribution in [3.8, 4) is 10.4 Å². The van der Waals surface area contributed by atoms with Gasteiger partial charge < -0.3 is 0 Å². The number of carbonyl (C=O) groups excluding carboxylic acids is 1.